The van der Waals surface area contributed by atoms with E-state index in [1.165, 1.54) is 0 Å². The minimum absolute atomic E-state index is 0. The molecule has 3 heterocycles. The number of fused-ring (bicyclic) bond motifs is 2. The first-order valence-electron chi connectivity index (χ1n) is 12.1. The van der Waals surface area contributed by atoms with Gasteiger partial charge in [0.2, 0.25) is 0 Å². The smallest absolute Gasteiger partial charge is 0.254 e. The SMILES string of the molecule is COCCN(CCOC)C(=O)c1ccc(-c2ccc3nnn(Cc4ccc5ncccc5c4)c3n2)cc1.Cl. The average molecular weight is 533 g/mol. The molecule has 2 aromatic carbocycles. The highest BCUT2D eigenvalue weighted by Gasteiger charge is 2.16. The maximum absolute atomic E-state index is 13.0. The molecule has 0 spiro atoms. The summed E-state index contributed by atoms with van der Waals surface area (Å²) in [5, 5.41) is 9.69. The summed E-state index contributed by atoms with van der Waals surface area (Å²) in [4.78, 5) is 24.0. The molecule has 0 aliphatic rings. The largest absolute Gasteiger partial charge is 0.383 e. The Kier molecular flexibility index (Phi) is 8.96. The van der Waals surface area contributed by atoms with E-state index in [4.69, 9.17) is 14.5 Å². The zero-order valence-corrected chi connectivity index (χ0v) is 22.1. The number of hydrogen-bond donors (Lipinski definition) is 0. The summed E-state index contributed by atoms with van der Waals surface area (Å²) < 4.78 is 12.1. The number of methoxy groups -OCH3 is 2. The van der Waals surface area contributed by atoms with Crippen LogP contribution in [0.1, 0.15) is 15.9 Å². The van der Waals surface area contributed by atoms with Crippen LogP contribution >= 0.6 is 12.4 Å². The van der Waals surface area contributed by atoms with Crippen molar-refractivity contribution in [1.82, 2.24) is 29.9 Å². The Morgan fingerprint density at radius 2 is 1.66 bits per heavy atom. The Hall–Kier alpha value is -3.92. The molecule has 0 saturated carbocycles. The Labute approximate surface area is 226 Å². The average Bonchev–Trinajstić information content (AvgIpc) is 3.34. The molecular weight excluding hydrogens is 504 g/mol. The third-order valence-corrected chi connectivity index (χ3v) is 6.20. The first-order valence-corrected chi connectivity index (χ1v) is 12.1. The van der Waals surface area contributed by atoms with E-state index in [-0.39, 0.29) is 18.3 Å². The zero-order chi connectivity index (χ0) is 25.6. The second-order valence-corrected chi connectivity index (χ2v) is 8.67. The number of halogens is 1. The van der Waals surface area contributed by atoms with Gasteiger partial charge in [-0.1, -0.05) is 29.5 Å². The van der Waals surface area contributed by atoms with Crippen LogP contribution in [0.25, 0.3) is 33.3 Å². The molecular formula is C28H29ClN6O3. The molecule has 1 amide bonds. The lowest BCUT2D eigenvalue weighted by atomic mass is 10.1. The van der Waals surface area contributed by atoms with Gasteiger partial charge in [0.25, 0.3) is 5.91 Å². The van der Waals surface area contributed by atoms with Gasteiger partial charge in [0.1, 0.15) is 5.52 Å². The third-order valence-electron chi connectivity index (χ3n) is 6.20. The zero-order valence-electron chi connectivity index (χ0n) is 21.3. The fourth-order valence-corrected chi connectivity index (χ4v) is 4.20. The topological polar surface area (TPSA) is 95.3 Å². The molecule has 5 rings (SSSR count). The number of nitrogens with zero attached hydrogens (tertiary/aromatic N) is 6. The van der Waals surface area contributed by atoms with Crippen molar-refractivity contribution in [2.75, 3.05) is 40.5 Å². The Morgan fingerprint density at radius 3 is 2.39 bits per heavy atom. The fourth-order valence-electron chi connectivity index (χ4n) is 4.20. The summed E-state index contributed by atoms with van der Waals surface area (Å²) in [6.45, 7) is 2.49. The fraction of sp³-hybridized carbons (Fsp3) is 0.250. The van der Waals surface area contributed by atoms with Gasteiger partial charge in [-0.3, -0.25) is 9.78 Å². The van der Waals surface area contributed by atoms with Gasteiger partial charge >= 0.3 is 0 Å². The Bertz CT molecular complexity index is 1510. The van der Waals surface area contributed by atoms with Crippen LogP contribution < -0.4 is 0 Å². The number of pyridine rings is 2. The number of hydrogen-bond acceptors (Lipinski definition) is 7. The molecule has 3 aromatic heterocycles. The van der Waals surface area contributed by atoms with Crippen LogP contribution in [0.4, 0.5) is 0 Å². The van der Waals surface area contributed by atoms with Gasteiger partial charge in [-0.25, -0.2) is 9.67 Å². The Morgan fingerprint density at radius 1 is 0.921 bits per heavy atom. The van der Waals surface area contributed by atoms with Crippen LogP contribution in [0.15, 0.2) is 72.9 Å². The Balaban J connectivity index is 0.00000336. The van der Waals surface area contributed by atoms with E-state index in [2.05, 4.69) is 21.4 Å². The highest BCUT2D eigenvalue weighted by Crippen LogP contribution is 2.22. The van der Waals surface area contributed by atoms with Crippen LogP contribution in [0.5, 0.6) is 0 Å². The van der Waals surface area contributed by atoms with Crippen molar-refractivity contribution in [3.8, 4) is 11.3 Å². The van der Waals surface area contributed by atoms with Gasteiger partial charge in [-0.05, 0) is 48.0 Å². The van der Waals surface area contributed by atoms with Crippen molar-refractivity contribution in [1.29, 1.82) is 0 Å². The molecule has 0 aliphatic carbocycles. The van der Waals surface area contributed by atoms with E-state index in [1.807, 2.05) is 60.7 Å². The molecule has 9 nitrogen and oxygen atoms in total. The first kappa shape index (κ1) is 27.1. The van der Waals surface area contributed by atoms with Crippen LogP contribution in [-0.2, 0) is 16.0 Å². The van der Waals surface area contributed by atoms with Crippen molar-refractivity contribution in [3.05, 3.63) is 84.1 Å². The van der Waals surface area contributed by atoms with Gasteiger partial charge in [0.05, 0.1) is 31.0 Å². The summed E-state index contributed by atoms with van der Waals surface area (Å²) in [5.74, 6) is -0.0584. The van der Waals surface area contributed by atoms with E-state index in [0.29, 0.717) is 44.1 Å². The number of aromatic nitrogens is 5. The number of ether oxygens (including phenoxy) is 2. The summed E-state index contributed by atoms with van der Waals surface area (Å²) in [6.07, 6.45) is 1.79. The quantitative estimate of drug-likeness (QED) is 0.265. The van der Waals surface area contributed by atoms with Crippen molar-refractivity contribution < 1.29 is 14.3 Å². The molecule has 0 saturated heterocycles. The van der Waals surface area contributed by atoms with Gasteiger partial charge in [-0.2, -0.15) is 0 Å². The highest BCUT2D eigenvalue weighted by molar-refractivity contribution is 5.94. The van der Waals surface area contributed by atoms with Gasteiger partial charge in [-0.15, -0.1) is 17.5 Å². The van der Waals surface area contributed by atoms with Gasteiger partial charge in [0, 0.05) is 50.0 Å². The molecule has 0 aliphatic heterocycles. The van der Waals surface area contributed by atoms with Crippen molar-refractivity contribution >= 4 is 40.4 Å². The van der Waals surface area contributed by atoms with E-state index in [0.717, 1.165) is 33.2 Å². The first-order chi connectivity index (χ1) is 18.2. The van der Waals surface area contributed by atoms with E-state index in [1.54, 1.807) is 30.0 Å². The van der Waals surface area contributed by atoms with Crippen molar-refractivity contribution in [3.63, 3.8) is 0 Å². The molecule has 0 fully saturated rings. The molecule has 196 valence electrons. The van der Waals surface area contributed by atoms with Crippen LogP contribution in [0.2, 0.25) is 0 Å². The monoisotopic (exact) mass is 532 g/mol. The predicted molar refractivity (Wildman–Crippen MR) is 149 cm³/mol. The standard InChI is InChI=1S/C28H28N6O3.ClH/c1-36-16-14-33(15-17-37-2)28(35)22-8-6-21(7-9-22)25-11-12-26-27(30-25)34(32-31-26)19-20-5-10-24-23(18-20)4-3-13-29-24;/h3-13,18H,14-17,19H2,1-2H3;1H. The summed E-state index contributed by atoms with van der Waals surface area (Å²) in [5.41, 5.74) is 5.77. The lowest BCUT2D eigenvalue weighted by Crippen LogP contribution is -2.36. The molecule has 0 N–H and O–H groups in total. The molecule has 0 unspecified atom stereocenters. The van der Waals surface area contributed by atoms with E-state index in [9.17, 15) is 4.79 Å². The molecule has 10 heteroatoms. The minimum Gasteiger partial charge on any atom is -0.383 e. The van der Waals surface area contributed by atoms with Crippen LogP contribution in [0.3, 0.4) is 0 Å². The lowest BCUT2D eigenvalue weighted by molar-refractivity contribution is 0.0627. The summed E-state index contributed by atoms with van der Waals surface area (Å²) in [7, 11) is 3.25. The number of amides is 1. The van der Waals surface area contributed by atoms with Gasteiger partial charge < -0.3 is 14.4 Å². The number of carbonyl (C=O) groups is 1. The molecule has 0 atom stereocenters. The van der Waals surface area contributed by atoms with Crippen LogP contribution in [0, 0.1) is 0 Å². The van der Waals surface area contributed by atoms with Crippen LogP contribution in [-0.4, -0.2) is 76.3 Å². The predicted octanol–water partition coefficient (Wildman–Crippen LogP) is 4.25. The van der Waals surface area contributed by atoms with Crippen molar-refractivity contribution in [2.45, 2.75) is 6.54 Å². The van der Waals surface area contributed by atoms with Crippen molar-refractivity contribution in [2.24, 2.45) is 0 Å². The maximum atomic E-state index is 13.0. The van der Waals surface area contributed by atoms with Gasteiger partial charge in [0.15, 0.2) is 5.65 Å². The third kappa shape index (κ3) is 5.96. The molecule has 0 bridgehead atoms. The van der Waals surface area contributed by atoms with E-state index < -0.39 is 0 Å². The normalized spacial score (nSPS) is 11.0. The number of benzene rings is 2. The lowest BCUT2D eigenvalue weighted by Gasteiger charge is -2.22. The maximum Gasteiger partial charge on any atom is 0.254 e. The summed E-state index contributed by atoms with van der Waals surface area (Å²) >= 11 is 0. The molecule has 38 heavy (non-hydrogen) atoms. The highest BCUT2D eigenvalue weighted by atomic mass is 35.5. The second kappa shape index (κ2) is 12.6. The van der Waals surface area contributed by atoms with E-state index >= 15 is 0 Å². The number of rotatable bonds is 10. The molecule has 5 aromatic rings. The molecule has 0 radical (unpaired) electrons. The minimum atomic E-state index is -0.0584. The number of carbonyl (C=O) groups excluding carboxylic acids is 1. The second-order valence-electron chi connectivity index (χ2n) is 8.67. The summed E-state index contributed by atoms with van der Waals surface area (Å²) in [6, 6.07) is 21.5.